The Kier molecular flexibility index (Phi) is 7.34. The summed E-state index contributed by atoms with van der Waals surface area (Å²) >= 11 is 0. The number of carbonyl (C=O) groups is 4. The molecule has 2 N–H and O–H groups in total. The molecule has 0 spiro atoms. The summed E-state index contributed by atoms with van der Waals surface area (Å²) in [6.07, 6.45) is 2.68. The Hall–Kier alpha value is -2.90. The minimum Gasteiger partial charge on any atom is -0.469 e. The van der Waals surface area contributed by atoms with Gasteiger partial charge in [0.1, 0.15) is 6.54 Å². The lowest BCUT2D eigenvalue weighted by atomic mass is 9.81. The molecule has 1 fully saturated rings. The lowest BCUT2D eigenvalue weighted by Crippen LogP contribution is -2.32. The van der Waals surface area contributed by atoms with Gasteiger partial charge in [-0.05, 0) is 37.5 Å². The number of anilines is 1. The topological polar surface area (TPSA) is 111 Å². The number of methoxy groups -OCH3 is 2. The van der Waals surface area contributed by atoms with Gasteiger partial charge in [0.05, 0.1) is 20.1 Å². The number of hydrogen-bond donors (Lipinski definition) is 2. The normalized spacial score (nSPS) is 18.9. The van der Waals surface area contributed by atoms with Gasteiger partial charge < -0.3 is 20.1 Å². The number of esters is 2. The number of ether oxygens (including phenoxy) is 2. The zero-order valence-electron chi connectivity index (χ0n) is 15.4. The number of benzene rings is 1. The summed E-state index contributed by atoms with van der Waals surface area (Å²) in [5.74, 6) is -1.99. The molecule has 2 atom stereocenters. The van der Waals surface area contributed by atoms with E-state index in [0.29, 0.717) is 24.1 Å². The molecule has 1 saturated carbocycles. The molecule has 0 aliphatic heterocycles. The lowest BCUT2D eigenvalue weighted by molar-refractivity contribution is -0.147. The van der Waals surface area contributed by atoms with E-state index < -0.39 is 11.9 Å². The van der Waals surface area contributed by atoms with Crippen LogP contribution in [0.15, 0.2) is 24.3 Å². The fraction of sp³-hybridized carbons (Fsp3) is 0.474. The Bertz CT molecular complexity index is 718. The summed E-state index contributed by atoms with van der Waals surface area (Å²) in [4.78, 5) is 47.4. The highest BCUT2D eigenvalue weighted by molar-refractivity contribution is 5.98. The molecule has 8 nitrogen and oxygen atoms in total. The summed E-state index contributed by atoms with van der Waals surface area (Å²) in [5, 5.41) is 5.24. The third kappa shape index (κ3) is 5.80. The maximum atomic E-state index is 12.5. The van der Waals surface area contributed by atoms with Gasteiger partial charge in [-0.1, -0.05) is 12.5 Å². The van der Waals surface area contributed by atoms with Gasteiger partial charge in [-0.25, -0.2) is 0 Å². The standard InChI is InChI=1S/C19H24N2O6/c1-26-16(22)11-20-17(23)13-6-4-8-15(10-13)21-18(24)12-5-3-7-14(9-12)19(25)27-2/h4,6,8,10,12,14H,3,5,7,9,11H2,1-2H3,(H,20,23)(H,21,24)/t12-,14-/m0/s1. The van der Waals surface area contributed by atoms with Crippen molar-refractivity contribution >= 4 is 29.4 Å². The van der Waals surface area contributed by atoms with Crippen LogP contribution in [0.3, 0.4) is 0 Å². The fourth-order valence-corrected chi connectivity index (χ4v) is 3.12. The average molecular weight is 376 g/mol. The van der Waals surface area contributed by atoms with Crippen molar-refractivity contribution in [3.63, 3.8) is 0 Å². The van der Waals surface area contributed by atoms with E-state index in [1.165, 1.54) is 20.3 Å². The highest BCUT2D eigenvalue weighted by Gasteiger charge is 2.31. The molecule has 1 aromatic rings. The number of carbonyl (C=O) groups excluding carboxylic acids is 4. The minimum atomic E-state index is -0.551. The fourth-order valence-electron chi connectivity index (χ4n) is 3.12. The minimum absolute atomic E-state index is 0.185. The second kappa shape index (κ2) is 9.70. The van der Waals surface area contributed by atoms with Crippen LogP contribution in [0.2, 0.25) is 0 Å². The Morgan fingerprint density at radius 1 is 1.07 bits per heavy atom. The quantitative estimate of drug-likeness (QED) is 0.728. The van der Waals surface area contributed by atoms with Gasteiger partial charge in [-0.2, -0.15) is 0 Å². The predicted molar refractivity (Wildman–Crippen MR) is 96.9 cm³/mol. The van der Waals surface area contributed by atoms with E-state index in [4.69, 9.17) is 4.74 Å². The van der Waals surface area contributed by atoms with Crippen LogP contribution in [0.25, 0.3) is 0 Å². The molecule has 0 aromatic heterocycles. The molecule has 0 heterocycles. The van der Waals surface area contributed by atoms with E-state index in [-0.39, 0.29) is 30.3 Å². The van der Waals surface area contributed by atoms with Gasteiger partial charge in [-0.3, -0.25) is 19.2 Å². The number of amides is 2. The van der Waals surface area contributed by atoms with E-state index in [1.807, 2.05) is 0 Å². The number of hydrogen-bond acceptors (Lipinski definition) is 6. The van der Waals surface area contributed by atoms with Crippen molar-refractivity contribution in [2.24, 2.45) is 11.8 Å². The molecule has 1 aromatic carbocycles. The SMILES string of the molecule is COC(=O)CNC(=O)c1cccc(NC(=O)[C@H]2CCC[C@H](C(=O)OC)C2)c1. The highest BCUT2D eigenvalue weighted by atomic mass is 16.5. The van der Waals surface area contributed by atoms with Crippen LogP contribution >= 0.6 is 0 Å². The zero-order chi connectivity index (χ0) is 19.8. The summed E-state index contributed by atoms with van der Waals surface area (Å²) < 4.78 is 9.25. The van der Waals surface area contributed by atoms with Gasteiger partial charge in [0, 0.05) is 17.2 Å². The first kappa shape index (κ1) is 20.4. The zero-order valence-corrected chi connectivity index (χ0v) is 15.4. The van der Waals surface area contributed by atoms with E-state index in [0.717, 1.165) is 12.8 Å². The number of rotatable bonds is 6. The van der Waals surface area contributed by atoms with Crippen LogP contribution in [0.1, 0.15) is 36.0 Å². The third-order valence-electron chi connectivity index (χ3n) is 4.59. The lowest BCUT2D eigenvalue weighted by Gasteiger charge is -2.26. The average Bonchev–Trinajstić information content (AvgIpc) is 2.71. The first-order valence-electron chi connectivity index (χ1n) is 8.78. The first-order valence-corrected chi connectivity index (χ1v) is 8.78. The first-order chi connectivity index (χ1) is 12.9. The highest BCUT2D eigenvalue weighted by Crippen LogP contribution is 2.30. The van der Waals surface area contributed by atoms with Crippen molar-refractivity contribution in [1.29, 1.82) is 0 Å². The Balaban J connectivity index is 1.96. The monoisotopic (exact) mass is 376 g/mol. The van der Waals surface area contributed by atoms with Gasteiger partial charge in [-0.15, -0.1) is 0 Å². The van der Waals surface area contributed by atoms with Gasteiger partial charge in [0.25, 0.3) is 5.91 Å². The molecule has 2 amide bonds. The Morgan fingerprint density at radius 2 is 1.81 bits per heavy atom. The maximum absolute atomic E-state index is 12.5. The van der Waals surface area contributed by atoms with Crippen molar-refractivity contribution in [2.45, 2.75) is 25.7 Å². The summed E-state index contributed by atoms with van der Waals surface area (Å²) in [7, 11) is 2.59. The van der Waals surface area contributed by atoms with Crippen LogP contribution in [-0.2, 0) is 23.9 Å². The molecule has 0 saturated heterocycles. The molecule has 2 rings (SSSR count). The molecular weight excluding hydrogens is 352 g/mol. The molecular formula is C19H24N2O6. The second-order valence-electron chi connectivity index (χ2n) is 6.41. The molecule has 27 heavy (non-hydrogen) atoms. The molecule has 0 bridgehead atoms. The predicted octanol–water partition coefficient (Wildman–Crippen LogP) is 1.51. The second-order valence-corrected chi connectivity index (χ2v) is 6.41. The molecule has 0 unspecified atom stereocenters. The Labute approximate surface area is 157 Å². The maximum Gasteiger partial charge on any atom is 0.325 e. The van der Waals surface area contributed by atoms with Crippen molar-refractivity contribution in [2.75, 3.05) is 26.1 Å². The molecule has 1 aliphatic rings. The molecule has 1 aliphatic carbocycles. The van der Waals surface area contributed by atoms with Crippen LogP contribution in [0.5, 0.6) is 0 Å². The van der Waals surface area contributed by atoms with E-state index in [9.17, 15) is 19.2 Å². The van der Waals surface area contributed by atoms with Crippen molar-refractivity contribution in [1.82, 2.24) is 5.32 Å². The van der Waals surface area contributed by atoms with Gasteiger partial charge in [0.2, 0.25) is 5.91 Å². The summed E-state index contributed by atoms with van der Waals surface area (Å²) in [5.41, 5.74) is 0.790. The summed E-state index contributed by atoms with van der Waals surface area (Å²) in [6.45, 7) is -0.233. The van der Waals surface area contributed by atoms with E-state index in [2.05, 4.69) is 15.4 Å². The summed E-state index contributed by atoms with van der Waals surface area (Å²) in [6, 6.07) is 6.43. The van der Waals surface area contributed by atoms with Crippen molar-refractivity contribution in [3.05, 3.63) is 29.8 Å². The van der Waals surface area contributed by atoms with Crippen LogP contribution in [0, 0.1) is 11.8 Å². The molecule has 8 heteroatoms. The molecule has 0 radical (unpaired) electrons. The van der Waals surface area contributed by atoms with E-state index >= 15 is 0 Å². The largest absolute Gasteiger partial charge is 0.469 e. The Morgan fingerprint density at radius 3 is 2.52 bits per heavy atom. The van der Waals surface area contributed by atoms with Gasteiger partial charge in [0.15, 0.2) is 0 Å². The van der Waals surface area contributed by atoms with Crippen molar-refractivity contribution < 1.29 is 28.7 Å². The van der Waals surface area contributed by atoms with Gasteiger partial charge >= 0.3 is 11.9 Å². The molecule has 146 valence electrons. The van der Waals surface area contributed by atoms with Crippen LogP contribution < -0.4 is 10.6 Å². The van der Waals surface area contributed by atoms with E-state index in [1.54, 1.807) is 18.2 Å². The third-order valence-corrected chi connectivity index (χ3v) is 4.59. The van der Waals surface area contributed by atoms with Crippen LogP contribution in [-0.4, -0.2) is 44.5 Å². The number of nitrogens with one attached hydrogen (secondary N) is 2. The van der Waals surface area contributed by atoms with Crippen LogP contribution in [0.4, 0.5) is 5.69 Å². The smallest absolute Gasteiger partial charge is 0.325 e. The van der Waals surface area contributed by atoms with Crippen molar-refractivity contribution in [3.8, 4) is 0 Å².